The van der Waals surface area contributed by atoms with Crippen LogP contribution in [0, 0.1) is 11.3 Å². The molecule has 1 N–H and O–H groups in total. The Kier molecular flexibility index (Phi) is 5.53. The number of nitriles is 1. The van der Waals surface area contributed by atoms with Gasteiger partial charge >= 0.3 is 0 Å². The highest BCUT2D eigenvalue weighted by atomic mass is 32.1. The second-order valence-corrected chi connectivity index (χ2v) is 5.69. The van der Waals surface area contributed by atoms with Crippen LogP contribution in [0.25, 0.3) is 0 Å². The molecule has 1 aliphatic heterocycles. The van der Waals surface area contributed by atoms with E-state index in [9.17, 15) is 4.79 Å². The van der Waals surface area contributed by atoms with Gasteiger partial charge in [-0.25, -0.2) is 0 Å². The van der Waals surface area contributed by atoms with E-state index in [0.29, 0.717) is 17.0 Å². The van der Waals surface area contributed by atoms with E-state index in [1.807, 2.05) is 5.38 Å². The van der Waals surface area contributed by atoms with E-state index in [1.165, 1.54) is 11.3 Å². The first-order chi connectivity index (χ1) is 9.72. The third-order valence-electron chi connectivity index (χ3n) is 3.37. The molecule has 5 nitrogen and oxygen atoms in total. The van der Waals surface area contributed by atoms with Crippen LogP contribution < -0.4 is 5.32 Å². The van der Waals surface area contributed by atoms with E-state index < -0.39 is 0 Å². The van der Waals surface area contributed by atoms with Crippen LogP contribution >= 0.6 is 11.3 Å². The molecule has 2 rings (SSSR count). The van der Waals surface area contributed by atoms with Crippen molar-refractivity contribution in [3.05, 3.63) is 17.0 Å². The molecular weight excluding hydrogens is 274 g/mol. The quantitative estimate of drug-likeness (QED) is 0.902. The molecule has 1 atom stereocenters. The number of nitrogens with zero attached hydrogens (tertiary/aromatic N) is 2. The summed E-state index contributed by atoms with van der Waals surface area (Å²) in [5.41, 5.74) is 0.528. The van der Waals surface area contributed by atoms with E-state index in [4.69, 9.17) is 10.00 Å². The zero-order chi connectivity index (χ0) is 14.4. The minimum absolute atomic E-state index is 0.0384. The number of hydrogen-bond donors (Lipinski definition) is 1. The van der Waals surface area contributed by atoms with E-state index in [0.717, 1.165) is 32.7 Å². The van der Waals surface area contributed by atoms with Gasteiger partial charge in [0.15, 0.2) is 0 Å². The molecule has 1 aromatic heterocycles. The van der Waals surface area contributed by atoms with Crippen molar-refractivity contribution >= 4 is 22.2 Å². The molecule has 1 aromatic rings. The Hall–Kier alpha value is -1.42. The SMILES string of the molecule is CCC1CN(CCC(=O)Nc2sccc2C#N)CCO1. The first kappa shape index (κ1) is 15.0. The van der Waals surface area contributed by atoms with Crippen molar-refractivity contribution in [2.75, 3.05) is 31.6 Å². The first-order valence-electron chi connectivity index (χ1n) is 6.84. The number of carbonyl (C=O) groups excluding carboxylic acids is 1. The molecule has 2 heterocycles. The lowest BCUT2D eigenvalue weighted by Crippen LogP contribution is -2.43. The Bertz CT molecular complexity index is 495. The van der Waals surface area contributed by atoms with Crippen LogP contribution in [0.15, 0.2) is 11.4 Å². The standard InChI is InChI=1S/C14H19N3O2S/c1-2-12-10-17(6-7-19-12)5-3-13(18)16-14-11(9-15)4-8-20-14/h4,8,12H,2-3,5-7,10H2,1H3,(H,16,18). The fourth-order valence-corrected chi connectivity index (χ4v) is 2.93. The number of morpholine rings is 1. The highest BCUT2D eigenvalue weighted by Gasteiger charge is 2.19. The summed E-state index contributed by atoms with van der Waals surface area (Å²) < 4.78 is 5.60. The van der Waals surface area contributed by atoms with Gasteiger partial charge in [-0.2, -0.15) is 5.26 Å². The van der Waals surface area contributed by atoms with Crippen molar-refractivity contribution < 1.29 is 9.53 Å². The molecule has 0 radical (unpaired) electrons. The maximum Gasteiger partial charge on any atom is 0.226 e. The van der Waals surface area contributed by atoms with Gasteiger partial charge in [0.1, 0.15) is 11.1 Å². The van der Waals surface area contributed by atoms with Crippen LogP contribution in [-0.4, -0.2) is 43.2 Å². The summed E-state index contributed by atoms with van der Waals surface area (Å²) in [4.78, 5) is 14.2. The smallest absolute Gasteiger partial charge is 0.226 e. The molecule has 0 aromatic carbocycles. The fraction of sp³-hybridized carbons (Fsp3) is 0.571. The van der Waals surface area contributed by atoms with Gasteiger partial charge < -0.3 is 10.1 Å². The second kappa shape index (κ2) is 7.39. The molecule has 1 aliphatic rings. The van der Waals surface area contributed by atoms with Gasteiger partial charge in [0, 0.05) is 26.1 Å². The first-order valence-corrected chi connectivity index (χ1v) is 7.72. The number of anilines is 1. The average Bonchev–Trinajstić information content (AvgIpc) is 2.92. The predicted octanol–water partition coefficient (Wildman–Crippen LogP) is 2.06. The van der Waals surface area contributed by atoms with Gasteiger partial charge in [-0.15, -0.1) is 11.3 Å². The number of rotatable bonds is 5. The van der Waals surface area contributed by atoms with Gasteiger partial charge in [-0.3, -0.25) is 9.69 Å². The van der Waals surface area contributed by atoms with Gasteiger partial charge in [0.25, 0.3) is 0 Å². The van der Waals surface area contributed by atoms with Gasteiger partial charge in [-0.1, -0.05) is 6.92 Å². The van der Waals surface area contributed by atoms with E-state index in [-0.39, 0.29) is 12.0 Å². The molecule has 0 aliphatic carbocycles. The molecule has 0 spiro atoms. The summed E-state index contributed by atoms with van der Waals surface area (Å²) in [5, 5.41) is 14.2. The monoisotopic (exact) mass is 293 g/mol. The van der Waals surface area contributed by atoms with Crippen LogP contribution in [-0.2, 0) is 9.53 Å². The van der Waals surface area contributed by atoms with Crippen LogP contribution in [0.3, 0.4) is 0 Å². The van der Waals surface area contributed by atoms with Crippen molar-refractivity contribution in [3.8, 4) is 6.07 Å². The number of thiophene rings is 1. The zero-order valence-electron chi connectivity index (χ0n) is 11.6. The normalized spacial score (nSPS) is 19.5. The minimum atomic E-state index is -0.0384. The van der Waals surface area contributed by atoms with Crippen LogP contribution in [0.1, 0.15) is 25.3 Å². The molecule has 0 bridgehead atoms. The largest absolute Gasteiger partial charge is 0.376 e. The molecule has 108 valence electrons. The summed E-state index contributed by atoms with van der Waals surface area (Å²) in [6.07, 6.45) is 1.73. The van der Waals surface area contributed by atoms with E-state index in [1.54, 1.807) is 6.07 Å². The second-order valence-electron chi connectivity index (χ2n) is 4.78. The molecule has 20 heavy (non-hydrogen) atoms. The minimum Gasteiger partial charge on any atom is -0.376 e. The predicted molar refractivity (Wildman–Crippen MR) is 78.8 cm³/mol. The van der Waals surface area contributed by atoms with Crippen LogP contribution in [0.2, 0.25) is 0 Å². The molecule has 0 saturated carbocycles. The van der Waals surface area contributed by atoms with Gasteiger partial charge in [-0.05, 0) is 17.9 Å². The van der Waals surface area contributed by atoms with Gasteiger partial charge in [0.05, 0.1) is 18.3 Å². The number of amides is 1. The maximum atomic E-state index is 11.9. The van der Waals surface area contributed by atoms with Crippen molar-refractivity contribution in [3.63, 3.8) is 0 Å². The summed E-state index contributed by atoms with van der Waals surface area (Å²) in [6, 6.07) is 3.78. The van der Waals surface area contributed by atoms with Gasteiger partial charge in [0.2, 0.25) is 5.91 Å². The third-order valence-corrected chi connectivity index (χ3v) is 4.20. The number of nitrogens with one attached hydrogen (secondary N) is 1. The van der Waals surface area contributed by atoms with E-state index in [2.05, 4.69) is 23.2 Å². The van der Waals surface area contributed by atoms with E-state index >= 15 is 0 Å². The third kappa shape index (κ3) is 4.04. The molecular formula is C14H19N3O2S. The van der Waals surface area contributed by atoms with Crippen molar-refractivity contribution in [1.82, 2.24) is 4.90 Å². The van der Waals surface area contributed by atoms with Crippen molar-refractivity contribution in [2.45, 2.75) is 25.9 Å². The Labute approximate surface area is 123 Å². The number of carbonyl (C=O) groups is 1. The summed E-state index contributed by atoms with van der Waals surface area (Å²) in [5.74, 6) is -0.0384. The summed E-state index contributed by atoms with van der Waals surface area (Å²) in [6.45, 7) is 5.36. The Morgan fingerprint density at radius 3 is 3.30 bits per heavy atom. The zero-order valence-corrected chi connectivity index (χ0v) is 12.4. The Morgan fingerprint density at radius 2 is 2.55 bits per heavy atom. The Morgan fingerprint density at radius 1 is 1.70 bits per heavy atom. The highest BCUT2D eigenvalue weighted by molar-refractivity contribution is 7.14. The highest BCUT2D eigenvalue weighted by Crippen LogP contribution is 2.22. The van der Waals surface area contributed by atoms with Crippen LogP contribution in [0.5, 0.6) is 0 Å². The lowest BCUT2D eigenvalue weighted by Gasteiger charge is -2.32. The Balaban J connectivity index is 1.76. The average molecular weight is 293 g/mol. The molecule has 1 unspecified atom stereocenters. The van der Waals surface area contributed by atoms with Crippen molar-refractivity contribution in [1.29, 1.82) is 5.26 Å². The molecule has 1 saturated heterocycles. The summed E-state index contributed by atoms with van der Waals surface area (Å²) >= 11 is 1.38. The molecule has 6 heteroatoms. The van der Waals surface area contributed by atoms with Crippen LogP contribution in [0.4, 0.5) is 5.00 Å². The number of ether oxygens (including phenoxy) is 1. The fourth-order valence-electron chi connectivity index (χ4n) is 2.17. The topological polar surface area (TPSA) is 65.4 Å². The number of hydrogen-bond acceptors (Lipinski definition) is 5. The molecule has 1 fully saturated rings. The summed E-state index contributed by atoms with van der Waals surface area (Å²) in [7, 11) is 0. The lowest BCUT2D eigenvalue weighted by molar-refractivity contribution is -0.117. The maximum absolute atomic E-state index is 11.9. The molecule has 1 amide bonds. The lowest BCUT2D eigenvalue weighted by atomic mass is 10.2. The van der Waals surface area contributed by atoms with Crippen molar-refractivity contribution in [2.24, 2.45) is 0 Å².